The van der Waals surface area contributed by atoms with Crippen LogP contribution < -0.4 is 19.5 Å². The molecule has 0 aliphatic rings. The number of benzene rings is 2. The second kappa shape index (κ2) is 9.37. The average molecular weight is 434 g/mol. The van der Waals surface area contributed by atoms with E-state index in [-0.39, 0.29) is 27.8 Å². The van der Waals surface area contributed by atoms with Crippen LogP contribution >= 0.6 is 11.6 Å². The fourth-order valence-corrected chi connectivity index (χ4v) is 2.48. The molecule has 2 rings (SSSR count). The van der Waals surface area contributed by atoms with Crippen LogP contribution in [0.2, 0.25) is 5.02 Å². The molecule has 0 atom stereocenters. The number of anilines is 1. The molecule has 29 heavy (non-hydrogen) atoms. The van der Waals surface area contributed by atoms with Crippen molar-refractivity contribution in [3.63, 3.8) is 0 Å². The van der Waals surface area contributed by atoms with Crippen LogP contribution in [0.15, 0.2) is 36.4 Å². The third-order valence-electron chi connectivity index (χ3n) is 3.38. The highest BCUT2D eigenvalue weighted by atomic mass is 35.5. The van der Waals surface area contributed by atoms with E-state index in [0.717, 1.165) is 12.1 Å². The highest BCUT2D eigenvalue weighted by molar-refractivity contribution is 6.32. The molecule has 0 spiro atoms. The first-order chi connectivity index (χ1) is 13.6. The minimum absolute atomic E-state index is 0.0362. The Kier molecular flexibility index (Phi) is 7.16. The molecular weight excluding hydrogens is 419 g/mol. The molecule has 11 heteroatoms. The lowest BCUT2D eigenvalue weighted by molar-refractivity contribution is -0.274. The molecule has 0 saturated heterocycles. The second-order valence-corrected chi connectivity index (χ2v) is 5.80. The maximum absolute atomic E-state index is 12.1. The van der Waals surface area contributed by atoms with Crippen molar-refractivity contribution in [1.82, 2.24) is 0 Å². The molecule has 0 radical (unpaired) electrons. The van der Waals surface area contributed by atoms with Gasteiger partial charge in [0.25, 0.3) is 5.91 Å². The lowest BCUT2D eigenvalue weighted by Gasteiger charge is -2.12. The number of nitrogens with one attached hydrogen (secondary N) is 1. The van der Waals surface area contributed by atoms with Crippen LogP contribution in [0.3, 0.4) is 0 Å². The first-order valence-electron chi connectivity index (χ1n) is 7.87. The number of amides is 1. The van der Waals surface area contributed by atoms with Gasteiger partial charge in [-0.15, -0.1) is 13.2 Å². The minimum Gasteiger partial charge on any atom is -0.493 e. The quantitative estimate of drug-likeness (QED) is 0.663. The molecule has 2 aromatic carbocycles. The van der Waals surface area contributed by atoms with Gasteiger partial charge in [-0.1, -0.05) is 11.6 Å². The fourth-order valence-electron chi connectivity index (χ4n) is 2.19. The van der Waals surface area contributed by atoms with Crippen LogP contribution in [-0.4, -0.2) is 39.1 Å². The molecule has 0 aliphatic carbocycles. The van der Waals surface area contributed by atoms with Crippen LogP contribution in [0.5, 0.6) is 17.2 Å². The van der Waals surface area contributed by atoms with Crippen LogP contribution in [-0.2, 0) is 9.53 Å². The fraction of sp³-hybridized carbons (Fsp3) is 0.222. The first-order valence-corrected chi connectivity index (χ1v) is 8.25. The Labute approximate surface area is 168 Å². The molecule has 0 aliphatic heterocycles. The standard InChI is InChI=1S/C18H15ClF3NO6/c1-26-14-8-10(7-13(19)16(14)27-2)17(25)28-9-15(24)23-11-3-5-12(6-4-11)29-18(20,21)22/h3-8H,9H2,1-2H3,(H,23,24). The van der Waals surface area contributed by atoms with Crippen molar-refractivity contribution in [3.8, 4) is 17.2 Å². The SMILES string of the molecule is COc1cc(C(=O)OCC(=O)Nc2ccc(OC(F)(F)F)cc2)cc(Cl)c1OC. The monoisotopic (exact) mass is 433 g/mol. The number of hydrogen-bond acceptors (Lipinski definition) is 6. The summed E-state index contributed by atoms with van der Waals surface area (Å²) in [5, 5.41) is 2.48. The highest BCUT2D eigenvalue weighted by Gasteiger charge is 2.31. The van der Waals surface area contributed by atoms with E-state index < -0.39 is 30.6 Å². The molecule has 0 saturated carbocycles. The minimum atomic E-state index is -4.81. The van der Waals surface area contributed by atoms with Crippen molar-refractivity contribution in [2.24, 2.45) is 0 Å². The Morgan fingerprint density at radius 2 is 1.72 bits per heavy atom. The lowest BCUT2D eigenvalue weighted by Crippen LogP contribution is -2.21. The topological polar surface area (TPSA) is 83.1 Å². The van der Waals surface area contributed by atoms with Crippen LogP contribution in [0.4, 0.5) is 18.9 Å². The first kappa shape index (κ1) is 22.2. The summed E-state index contributed by atoms with van der Waals surface area (Å²) >= 11 is 6.01. The van der Waals surface area contributed by atoms with E-state index in [4.69, 9.17) is 25.8 Å². The molecule has 0 heterocycles. The molecule has 2 aromatic rings. The third-order valence-corrected chi connectivity index (χ3v) is 3.66. The number of carbonyl (C=O) groups is 2. The average Bonchev–Trinajstić information content (AvgIpc) is 2.65. The summed E-state index contributed by atoms with van der Waals surface area (Å²) in [7, 11) is 2.75. The van der Waals surface area contributed by atoms with Crippen molar-refractivity contribution < 1.29 is 41.7 Å². The molecule has 0 fully saturated rings. The van der Waals surface area contributed by atoms with Crippen LogP contribution in [0.25, 0.3) is 0 Å². The van der Waals surface area contributed by atoms with Gasteiger partial charge in [0, 0.05) is 5.69 Å². The maximum Gasteiger partial charge on any atom is 0.573 e. The van der Waals surface area contributed by atoms with Gasteiger partial charge < -0.3 is 24.3 Å². The van der Waals surface area contributed by atoms with Gasteiger partial charge in [0.15, 0.2) is 18.1 Å². The maximum atomic E-state index is 12.1. The van der Waals surface area contributed by atoms with Crippen molar-refractivity contribution in [2.75, 3.05) is 26.1 Å². The molecule has 7 nitrogen and oxygen atoms in total. The van der Waals surface area contributed by atoms with E-state index in [0.29, 0.717) is 0 Å². The molecule has 156 valence electrons. The van der Waals surface area contributed by atoms with E-state index in [1.54, 1.807) is 0 Å². The Morgan fingerprint density at radius 3 is 2.28 bits per heavy atom. The van der Waals surface area contributed by atoms with Gasteiger partial charge in [-0.25, -0.2) is 4.79 Å². The Morgan fingerprint density at radius 1 is 1.07 bits per heavy atom. The van der Waals surface area contributed by atoms with E-state index >= 15 is 0 Å². The van der Waals surface area contributed by atoms with Gasteiger partial charge in [-0.05, 0) is 36.4 Å². The lowest BCUT2D eigenvalue weighted by atomic mass is 10.2. The number of esters is 1. The van der Waals surface area contributed by atoms with Gasteiger partial charge in [0.05, 0.1) is 24.8 Å². The second-order valence-electron chi connectivity index (χ2n) is 5.39. The van der Waals surface area contributed by atoms with Crippen LogP contribution in [0.1, 0.15) is 10.4 Å². The molecule has 0 aromatic heterocycles. The number of hydrogen-bond donors (Lipinski definition) is 1. The van der Waals surface area contributed by atoms with Crippen molar-refractivity contribution in [1.29, 1.82) is 0 Å². The predicted molar refractivity (Wildman–Crippen MR) is 96.6 cm³/mol. The number of halogens is 4. The van der Waals surface area contributed by atoms with E-state index in [1.165, 1.54) is 38.5 Å². The Bertz CT molecular complexity index is 886. The van der Waals surface area contributed by atoms with Gasteiger partial charge in [-0.2, -0.15) is 0 Å². The number of carbonyl (C=O) groups excluding carboxylic acids is 2. The molecule has 1 N–H and O–H groups in total. The van der Waals surface area contributed by atoms with E-state index in [9.17, 15) is 22.8 Å². The number of alkyl halides is 3. The Balaban J connectivity index is 1.94. The van der Waals surface area contributed by atoms with Gasteiger partial charge >= 0.3 is 12.3 Å². The summed E-state index contributed by atoms with van der Waals surface area (Å²) in [6.45, 7) is -0.633. The number of rotatable bonds is 7. The van der Waals surface area contributed by atoms with Gasteiger partial charge in [0.1, 0.15) is 5.75 Å². The molecule has 0 unspecified atom stereocenters. The largest absolute Gasteiger partial charge is 0.573 e. The smallest absolute Gasteiger partial charge is 0.493 e. The van der Waals surface area contributed by atoms with Crippen molar-refractivity contribution >= 4 is 29.2 Å². The van der Waals surface area contributed by atoms with Crippen molar-refractivity contribution in [2.45, 2.75) is 6.36 Å². The summed E-state index contributed by atoms with van der Waals surface area (Å²) < 4.78 is 55.1. The molecule has 1 amide bonds. The van der Waals surface area contributed by atoms with E-state index in [2.05, 4.69) is 10.1 Å². The van der Waals surface area contributed by atoms with Crippen molar-refractivity contribution in [3.05, 3.63) is 47.0 Å². The molecule has 0 bridgehead atoms. The summed E-state index contributed by atoms with van der Waals surface area (Å²) in [6, 6.07) is 7.10. The summed E-state index contributed by atoms with van der Waals surface area (Å²) in [6.07, 6.45) is -4.81. The Hall–Kier alpha value is -3.14. The van der Waals surface area contributed by atoms with E-state index in [1.807, 2.05) is 0 Å². The summed E-state index contributed by atoms with van der Waals surface area (Å²) in [5.74, 6) is -1.53. The van der Waals surface area contributed by atoms with Gasteiger partial charge in [0.2, 0.25) is 0 Å². The highest BCUT2D eigenvalue weighted by Crippen LogP contribution is 2.36. The summed E-state index contributed by atoms with van der Waals surface area (Å²) in [5.41, 5.74) is 0.226. The summed E-state index contributed by atoms with van der Waals surface area (Å²) in [4.78, 5) is 24.0. The number of ether oxygens (including phenoxy) is 4. The van der Waals surface area contributed by atoms with Crippen LogP contribution in [0, 0.1) is 0 Å². The zero-order valence-electron chi connectivity index (χ0n) is 15.1. The normalized spacial score (nSPS) is 10.8. The number of methoxy groups -OCH3 is 2. The third kappa shape index (κ3) is 6.46. The zero-order chi connectivity index (χ0) is 21.6. The zero-order valence-corrected chi connectivity index (χ0v) is 15.9. The molecular formula is C18H15ClF3NO6. The van der Waals surface area contributed by atoms with Gasteiger partial charge in [-0.3, -0.25) is 4.79 Å². The predicted octanol–water partition coefficient (Wildman–Crippen LogP) is 4.05.